The molecule has 0 radical (unpaired) electrons. The molecule has 0 aromatic carbocycles. The molecule has 0 aliphatic heterocycles. The minimum atomic E-state index is 0.00820. The SMILES string of the molecule is CC(=O)COc1cccnc1. The Labute approximate surface area is 65.0 Å². The highest BCUT2D eigenvalue weighted by atomic mass is 16.5. The van der Waals surface area contributed by atoms with E-state index in [1.54, 1.807) is 24.5 Å². The van der Waals surface area contributed by atoms with Gasteiger partial charge in [0.15, 0.2) is 5.78 Å². The summed E-state index contributed by atoms with van der Waals surface area (Å²) in [7, 11) is 0. The van der Waals surface area contributed by atoms with Crippen molar-refractivity contribution in [1.29, 1.82) is 0 Å². The maximum Gasteiger partial charge on any atom is 0.167 e. The fourth-order valence-electron chi connectivity index (χ4n) is 0.617. The quantitative estimate of drug-likeness (QED) is 0.648. The van der Waals surface area contributed by atoms with Gasteiger partial charge in [0.1, 0.15) is 12.4 Å². The van der Waals surface area contributed by atoms with Crippen LogP contribution in [0.3, 0.4) is 0 Å². The minimum absolute atomic E-state index is 0.00820. The number of pyridine rings is 1. The standard InChI is InChI=1S/C8H9NO2/c1-7(10)6-11-8-3-2-4-9-5-8/h2-5H,6H2,1H3. The molecule has 0 aliphatic rings. The van der Waals surface area contributed by atoms with Crippen LogP contribution in [0.25, 0.3) is 0 Å². The van der Waals surface area contributed by atoms with Crippen LogP contribution in [0.1, 0.15) is 6.92 Å². The molecule has 0 fully saturated rings. The number of nitrogens with zero attached hydrogens (tertiary/aromatic N) is 1. The maximum absolute atomic E-state index is 10.5. The predicted molar refractivity (Wildman–Crippen MR) is 40.4 cm³/mol. The van der Waals surface area contributed by atoms with Gasteiger partial charge in [0.05, 0.1) is 6.20 Å². The summed E-state index contributed by atoms with van der Waals surface area (Å²) < 4.78 is 5.06. The van der Waals surface area contributed by atoms with Crippen LogP contribution in [0.15, 0.2) is 24.5 Å². The van der Waals surface area contributed by atoms with E-state index < -0.39 is 0 Å². The Morgan fingerprint density at radius 2 is 2.55 bits per heavy atom. The molecule has 1 heterocycles. The molecule has 11 heavy (non-hydrogen) atoms. The summed E-state index contributed by atoms with van der Waals surface area (Å²) >= 11 is 0. The third-order valence-corrected chi connectivity index (χ3v) is 1.08. The number of carbonyl (C=O) groups excluding carboxylic acids is 1. The van der Waals surface area contributed by atoms with Gasteiger partial charge < -0.3 is 4.74 Å². The van der Waals surface area contributed by atoms with Gasteiger partial charge in [-0.2, -0.15) is 0 Å². The minimum Gasteiger partial charge on any atom is -0.484 e. The average Bonchev–Trinajstić information content (AvgIpc) is 2.03. The molecule has 0 aliphatic carbocycles. The number of hydrogen-bond donors (Lipinski definition) is 0. The topological polar surface area (TPSA) is 39.2 Å². The Kier molecular flexibility index (Phi) is 2.60. The van der Waals surface area contributed by atoms with Crippen molar-refractivity contribution in [3.63, 3.8) is 0 Å². The molecule has 0 saturated heterocycles. The van der Waals surface area contributed by atoms with Crippen molar-refractivity contribution in [1.82, 2.24) is 4.98 Å². The van der Waals surface area contributed by atoms with E-state index in [1.165, 1.54) is 6.92 Å². The van der Waals surface area contributed by atoms with E-state index in [9.17, 15) is 4.79 Å². The van der Waals surface area contributed by atoms with Gasteiger partial charge in [0.2, 0.25) is 0 Å². The smallest absolute Gasteiger partial charge is 0.167 e. The lowest BCUT2D eigenvalue weighted by molar-refractivity contribution is -0.118. The van der Waals surface area contributed by atoms with Crippen molar-refractivity contribution in [2.75, 3.05) is 6.61 Å². The van der Waals surface area contributed by atoms with Gasteiger partial charge in [0.25, 0.3) is 0 Å². The van der Waals surface area contributed by atoms with Crippen molar-refractivity contribution in [3.8, 4) is 5.75 Å². The van der Waals surface area contributed by atoms with Crippen molar-refractivity contribution < 1.29 is 9.53 Å². The van der Waals surface area contributed by atoms with Gasteiger partial charge in [-0.05, 0) is 19.1 Å². The van der Waals surface area contributed by atoms with Gasteiger partial charge >= 0.3 is 0 Å². The summed E-state index contributed by atoms with van der Waals surface area (Å²) in [6.45, 7) is 1.60. The zero-order valence-corrected chi connectivity index (χ0v) is 6.28. The Hall–Kier alpha value is -1.38. The van der Waals surface area contributed by atoms with E-state index in [-0.39, 0.29) is 12.4 Å². The van der Waals surface area contributed by atoms with Crippen molar-refractivity contribution in [2.45, 2.75) is 6.92 Å². The third-order valence-electron chi connectivity index (χ3n) is 1.08. The second kappa shape index (κ2) is 3.71. The highest BCUT2D eigenvalue weighted by Crippen LogP contribution is 2.05. The molecule has 0 atom stereocenters. The van der Waals surface area contributed by atoms with Crippen LogP contribution in [0.4, 0.5) is 0 Å². The van der Waals surface area contributed by atoms with Gasteiger partial charge in [-0.15, -0.1) is 0 Å². The lowest BCUT2D eigenvalue weighted by Gasteiger charge is -2.00. The number of ketones is 1. The molecular formula is C8H9NO2. The molecule has 1 rings (SSSR count). The molecule has 3 heteroatoms. The summed E-state index contributed by atoms with van der Waals surface area (Å²) in [4.78, 5) is 14.3. The Bertz CT molecular complexity index is 233. The first-order valence-electron chi connectivity index (χ1n) is 3.31. The number of carbonyl (C=O) groups is 1. The van der Waals surface area contributed by atoms with Crippen molar-refractivity contribution >= 4 is 5.78 Å². The van der Waals surface area contributed by atoms with Crippen molar-refractivity contribution in [3.05, 3.63) is 24.5 Å². The number of rotatable bonds is 3. The third kappa shape index (κ3) is 2.80. The molecular weight excluding hydrogens is 142 g/mol. The first-order valence-corrected chi connectivity index (χ1v) is 3.31. The van der Waals surface area contributed by atoms with E-state index >= 15 is 0 Å². The van der Waals surface area contributed by atoms with E-state index in [2.05, 4.69) is 4.98 Å². The summed E-state index contributed by atoms with van der Waals surface area (Å²) in [5.74, 6) is 0.636. The predicted octanol–water partition coefficient (Wildman–Crippen LogP) is 1.05. The van der Waals surface area contributed by atoms with Gasteiger partial charge in [-0.25, -0.2) is 0 Å². The average molecular weight is 151 g/mol. The zero-order valence-electron chi connectivity index (χ0n) is 6.28. The van der Waals surface area contributed by atoms with Gasteiger partial charge in [-0.3, -0.25) is 9.78 Å². The lowest BCUT2D eigenvalue weighted by Crippen LogP contribution is -2.06. The van der Waals surface area contributed by atoms with E-state index in [0.29, 0.717) is 5.75 Å². The summed E-state index contributed by atoms with van der Waals surface area (Å²) in [5.41, 5.74) is 0. The highest BCUT2D eigenvalue weighted by molar-refractivity contribution is 5.77. The molecule has 58 valence electrons. The molecule has 1 aromatic rings. The number of aromatic nitrogens is 1. The maximum atomic E-state index is 10.5. The number of hydrogen-bond acceptors (Lipinski definition) is 3. The van der Waals surface area contributed by atoms with Crippen LogP contribution in [-0.2, 0) is 4.79 Å². The van der Waals surface area contributed by atoms with E-state index in [1.807, 2.05) is 0 Å². The van der Waals surface area contributed by atoms with E-state index in [0.717, 1.165) is 0 Å². The second-order valence-electron chi connectivity index (χ2n) is 2.18. The number of ether oxygens (including phenoxy) is 1. The van der Waals surface area contributed by atoms with Crippen LogP contribution in [0, 0.1) is 0 Å². The molecule has 0 unspecified atom stereocenters. The summed E-state index contributed by atoms with van der Waals surface area (Å²) in [5, 5.41) is 0. The van der Waals surface area contributed by atoms with Gasteiger partial charge in [-0.1, -0.05) is 0 Å². The molecule has 3 nitrogen and oxygen atoms in total. The van der Waals surface area contributed by atoms with Crippen LogP contribution in [0.5, 0.6) is 5.75 Å². The molecule has 0 saturated carbocycles. The molecule has 0 amide bonds. The van der Waals surface area contributed by atoms with Crippen molar-refractivity contribution in [2.24, 2.45) is 0 Å². The molecule has 1 aromatic heterocycles. The lowest BCUT2D eigenvalue weighted by atomic mass is 10.4. The summed E-state index contributed by atoms with van der Waals surface area (Å²) in [6.07, 6.45) is 3.23. The molecule has 0 spiro atoms. The highest BCUT2D eigenvalue weighted by Gasteiger charge is 1.94. The fraction of sp³-hybridized carbons (Fsp3) is 0.250. The molecule has 0 bridgehead atoms. The van der Waals surface area contributed by atoms with Crippen LogP contribution >= 0.6 is 0 Å². The van der Waals surface area contributed by atoms with Gasteiger partial charge in [0, 0.05) is 6.20 Å². The van der Waals surface area contributed by atoms with Crippen LogP contribution in [-0.4, -0.2) is 17.4 Å². The normalized spacial score (nSPS) is 9.18. The van der Waals surface area contributed by atoms with Crippen LogP contribution < -0.4 is 4.74 Å². The fourth-order valence-corrected chi connectivity index (χ4v) is 0.617. The van der Waals surface area contributed by atoms with Crippen LogP contribution in [0.2, 0.25) is 0 Å². The zero-order chi connectivity index (χ0) is 8.10. The first-order chi connectivity index (χ1) is 5.29. The van der Waals surface area contributed by atoms with E-state index in [4.69, 9.17) is 4.74 Å². The largest absolute Gasteiger partial charge is 0.484 e. The first kappa shape index (κ1) is 7.72. The molecule has 0 N–H and O–H groups in total. The Balaban J connectivity index is 2.45. The Morgan fingerprint density at radius 3 is 3.09 bits per heavy atom. The monoisotopic (exact) mass is 151 g/mol. The number of Topliss-reactive ketones (excluding diaryl/α,β-unsaturated/α-hetero) is 1. The summed E-state index contributed by atoms with van der Waals surface area (Å²) in [6, 6.07) is 3.52. The second-order valence-corrected chi connectivity index (χ2v) is 2.18. The Morgan fingerprint density at radius 1 is 1.73 bits per heavy atom.